The van der Waals surface area contributed by atoms with E-state index < -0.39 is 52.6 Å². The molecule has 0 saturated heterocycles. The fourth-order valence-electron chi connectivity index (χ4n) is 2.53. The number of aromatic hydroxyl groups is 3. The molecule has 3 aromatic carbocycles. The molecule has 3 rings (SSSR count). The van der Waals surface area contributed by atoms with Crippen molar-refractivity contribution in [2.45, 2.75) is 9.79 Å². The summed E-state index contributed by atoms with van der Waals surface area (Å²) >= 11 is 0. The molecule has 156 valence electrons. The Bertz CT molecular complexity index is 1400. The Hall–Kier alpha value is -1.26. The third kappa shape index (κ3) is 5.96. The number of benzene rings is 3. The van der Waals surface area contributed by atoms with E-state index in [0.29, 0.717) is 6.07 Å². The molecule has 0 aliphatic heterocycles. The summed E-state index contributed by atoms with van der Waals surface area (Å²) in [5.74, 6) is -2.05. The van der Waals surface area contributed by atoms with Gasteiger partial charge in [0.25, 0.3) is 20.2 Å². The smallest absolute Gasteiger partial charge is 1.00 e. The molecule has 3 aromatic rings. The standard InChI is InChI=1S/C16H12N2O9S2.2Na.2H/c19-11-4-2-1-3-10(11)17-18-15-13(29(25,26)27)6-8-5-9(28(22,23)24)7-12(20)14(8)16(15)21;;;;/h1-7,19-21H,(H,22,23,24)(H,25,26,27);;;;/q;2*+1;2*-1. The van der Waals surface area contributed by atoms with E-state index in [4.69, 9.17) is 4.55 Å². The van der Waals surface area contributed by atoms with Gasteiger partial charge in [0.1, 0.15) is 27.8 Å². The third-order valence-electron chi connectivity index (χ3n) is 3.82. The molecule has 0 amide bonds. The van der Waals surface area contributed by atoms with Gasteiger partial charge in [0, 0.05) is 6.07 Å². The first-order chi connectivity index (χ1) is 13.4. The van der Waals surface area contributed by atoms with Crippen LogP contribution in [0.4, 0.5) is 11.4 Å². The largest absolute Gasteiger partial charge is 1.00 e. The summed E-state index contributed by atoms with van der Waals surface area (Å²) in [5, 5.41) is 36.7. The number of para-hydroxylation sites is 1. The summed E-state index contributed by atoms with van der Waals surface area (Å²) in [6.45, 7) is 0. The fourth-order valence-corrected chi connectivity index (χ4v) is 3.73. The molecule has 0 atom stereocenters. The van der Waals surface area contributed by atoms with Crippen LogP contribution in [-0.2, 0) is 20.2 Å². The minimum absolute atomic E-state index is 0. The maximum atomic E-state index is 11.8. The molecule has 0 bridgehead atoms. The number of azo groups is 1. The zero-order valence-corrected chi connectivity index (χ0v) is 21.8. The van der Waals surface area contributed by atoms with Crippen LogP contribution in [0.25, 0.3) is 10.8 Å². The second kappa shape index (κ2) is 10.1. The van der Waals surface area contributed by atoms with Gasteiger partial charge in [-0.25, -0.2) is 0 Å². The summed E-state index contributed by atoms with van der Waals surface area (Å²) in [7, 11) is -9.76. The SMILES string of the molecule is O=S(=O)(O)c1cc(O)c2c(O)c(N=Nc3ccccc3O)c(S(=O)(=O)O)cc2c1.[H-].[H-].[Na+].[Na+]. The molecule has 11 nitrogen and oxygen atoms in total. The molecule has 0 aliphatic rings. The average molecular weight is 488 g/mol. The van der Waals surface area contributed by atoms with Gasteiger partial charge in [0.05, 0.1) is 10.3 Å². The minimum atomic E-state index is -4.99. The van der Waals surface area contributed by atoms with Crippen LogP contribution in [0.15, 0.2) is 62.5 Å². The van der Waals surface area contributed by atoms with E-state index in [2.05, 4.69) is 10.2 Å². The van der Waals surface area contributed by atoms with Crippen molar-refractivity contribution >= 4 is 42.4 Å². The number of phenolic OH excluding ortho intramolecular Hbond substituents is 3. The van der Waals surface area contributed by atoms with Gasteiger partial charge in [-0.1, -0.05) is 12.1 Å². The monoisotopic (exact) mass is 488 g/mol. The Morgan fingerprint density at radius 2 is 1.39 bits per heavy atom. The van der Waals surface area contributed by atoms with Crippen molar-refractivity contribution in [1.82, 2.24) is 0 Å². The quantitative estimate of drug-likeness (QED) is 0.145. The molecule has 0 saturated carbocycles. The molecule has 0 aromatic heterocycles. The van der Waals surface area contributed by atoms with Gasteiger partial charge in [0.2, 0.25) is 0 Å². The van der Waals surface area contributed by atoms with Crippen LogP contribution in [0.3, 0.4) is 0 Å². The minimum Gasteiger partial charge on any atom is -1.00 e. The second-order valence-electron chi connectivity index (χ2n) is 5.75. The Balaban J connectivity index is 0. The maximum Gasteiger partial charge on any atom is 1.00 e. The summed E-state index contributed by atoms with van der Waals surface area (Å²) < 4.78 is 64.8. The van der Waals surface area contributed by atoms with Crippen LogP contribution >= 0.6 is 0 Å². The van der Waals surface area contributed by atoms with Crippen molar-refractivity contribution in [1.29, 1.82) is 0 Å². The van der Waals surface area contributed by atoms with Crippen molar-refractivity contribution in [2.75, 3.05) is 0 Å². The van der Waals surface area contributed by atoms with Gasteiger partial charge in [-0.2, -0.15) is 16.8 Å². The Kier molecular flexibility index (Phi) is 9.07. The van der Waals surface area contributed by atoms with Crippen LogP contribution in [0.1, 0.15) is 2.85 Å². The van der Waals surface area contributed by atoms with Crippen LogP contribution in [-0.4, -0.2) is 41.3 Å². The van der Waals surface area contributed by atoms with Gasteiger partial charge in [0.15, 0.2) is 5.75 Å². The van der Waals surface area contributed by atoms with E-state index in [1.54, 1.807) is 0 Å². The normalized spacial score (nSPS) is 11.8. The molecule has 0 aliphatic carbocycles. The molecule has 0 heterocycles. The first-order valence-electron chi connectivity index (χ1n) is 7.57. The molecule has 31 heavy (non-hydrogen) atoms. The third-order valence-corrected chi connectivity index (χ3v) is 5.52. The molecule has 0 fully saturated rings. The average Bonchev–Trinajstić information content (AvgIpc) is 2.60. The summed E-state index contributed by atoms with van der Waals surface area (Å²) in [6, 6.07) is 7.76. The zero-order chi connectivity index (χ0) is 21.6. The number of nitrogens with zero attached hydrogens (tertiary/aromatic N) is 2. The van der Waals surface area contributed by atoms with Crippen LogP contribution in [0.5, 0.6) is 17.2 Å². The molecule has 15 heteroatoms. The molecule has 0 spiro atoms. The predicted octanol–water partition coefficient (Wildman–Crippen LogP) is -2.90. The molecular weight excluding hydrogens is 474 g/mol. The van der Waals surface area contributed by atoms with Crippen molar-refractivity contribution in [2.24, 2.45) is 10.2 Å². The number of hydrogen-bond acceptors (Lipinski definition) is 9. The van der Waals surface area contributed by atoms with Crippen molar-refractivity contribution in [3.05, 3.63) is 42.5 Å². The van der Waals surface area contributed by atoms with E-state index in [9.17, 15) is 36.7 Å². The maximum absolute atomic E-state index is 11.8. The van der Waals surface area contributed by atoms with E-state index in [1.807, 2.05) is 0 Å². The predicted molar refractivity (Wildman–Crippen MR) is 101 cm³/mol. The fraction of sp³-hybridized carbons (Fsp3) is 0. The first kappa shape index (κ1) is 27.8. The number of fused-ring (bicyclic) bond motifs is 1. The molecule has 5 N–H and O–H groups in total. The Morgan fingerprint density at radius 3 is 1.94 bits per heavy atom. The molecule has 0 unspecified atom stereocenters. The van der Waals surface area contributed by atoms with E-state index >= 15 is 0 Å². The second-order valence-corrected chi connectivity index (χ2v) is 8.56. The molecular formula is C16H14N2Na2O9S2. The van der Waals surface area contributed by atoms with Gasteiger partial charge in [-0.3, -0.25) is 9.11 Å². The number of phenols is 3. The van der Waals surface area contributed by atoms with Gasteiger partial charge < -0.3 is 18.2 Å². The van der Waals surface area contributed by atoms with Crippen molar-refractivity contribution in [3.63, 3.8) is 0 Å². The number of rotatable bonds is 4. The Labute approximate surface area is 223 Å². The van der Waals surface area contributed by atoms with E-state index in [-0.39, 0.29) is 78.8 Å². The summed E-state index contributed by atoms with van der Waals surface area (Å²) in [4.78, 5) is -1.72. The number of hydrogen-bond donors (Lipinski definition) is 5. The first-order valence-corrected chi connectivity index (χ1v) is 10.4. The van der Waals surface area contributed by atoms with Crippen molar-refractivity contribution in [3.8, 4) is 17.2 Å². The van der Waals surface area contributed by atoms with Crippen LogP contribution in [0.2, 0.25) is 0 Å². The van der Waals surface area contributed by atoms with E-state index in [1.165, 1.54) is 24.3 Å². The van der Waals surface area contributed by atoms with Crippen LogP contribution < -0.4 is 59.1 Å². The zero-order valence-electron chi connectivity index (χ0n) is 18.1. The van der Waals surface area contributed by atoms with Gasteiger partial charge in [-0.05, 0) is 29.7 Å². The summed E-state index contributed by atoms with van der Waals surface area (Å²) in [6.07, 6.45) is 0. The summed E-state index contributed by atoms with van der Waals surface area (Å²) in [5.41, 5.74) is -0.850. The van der Waals surface area contributed by atoms with Gasteiger partial charge in [-0.15, -0.1) is 10.2 Å². The topological polar surface area (TPSA) is 194 Å². The van der Waals surface area contributed by atoms with Gasteiger partial charge >= 0.3 is 59.1 Å². The van der Waals surface area contributed by atoms with Crippen LogP contribution in [0, 0.1) is 0 Å². The molecule has 0 radical (unpaired) electrons. The Morgan fingerprint density at radius 1 is 0.774 bits per heavy atom. The van der Waals surface area contributed by atoms with E-state index in [0.717, 1.165) is 12.1 Å². The van der Waals surface area contributed by atoms with Crippen molar-refractivity contribution < 1.29 is 103 Å².